The molecule has 1 saturated carbocycles. The largest absolute Gasteiger partial charge is 0.264 e. The van der Waals surface area contributed by atoms with Crippen molar-refractivity contribution in [3.63, 3.8) is 0 Å². The Bertz CT molecular complexity index is 366. The minimum absolute atomic E-state index is 0.115. The second kappa shape index (κ2) is 4.78. The Labute approximate surface area is 97.8 Å². The van der Waals surface area contributed by atoms with Crippen molar-refractivity contribution >= 4 is 11.8 Å². The fourth-order valence-corrected chi connectivity index (χ4v) is 3.03. The van der Waals surface area contributed by atoms with Gasteiger partial charge in [-0.05, 0) is 18.9 Å². The van der Waals surface area contributed by atoms with Gasteiger partial charge in [-0.1, -0.05) is 11.8 Å². The first kappa shape index (κ1) is 11.3. The number of thioether (sulfide) groups is 1. The first-order chi connectivity index (χ1) is 7.73. The summed E-state index contributed by atoms with van der Waals surface area (Å²) in [5.41, 5.74) is -0.746. The van der Waals surface area contributed by atoms with Crippen LogP contribution in [0.2, 0.25) is 0 Å². The predicted octanol–water partition coefficient (Wildman–Crippen LogP) is 2.16. The highest BCUT2D eigenvalue weighted by Crippen LogP contribution is 2.36. The van der Waals surface area contributed by atoms with Crippen molar-refractivity contribution in [1.29, 1.82) is 0 Å². The molecule has 0 radical (unpaired) electrons. The van der Waals surface area contributed by atoms with Gasteiger partial charge in [0.1, 0.15) is 0 Å². The van der Waals surface area contributed by atoms with E-state index in [1.165, 1.54) is 11.8 Å². The number of rotatable bonds is 4. The number of nitro groups is 1. The Kier molecular flexibility index (Phi) is 3.38. The molecule has 1 aromatic heterocycles. The first-order valence-electron chi connectivity index (χ1n) is 5.27. The molecular weight excluding hydrogens is 226 g/mol. The topological polar surface area (TPSA) is 68.9 Å². The highest BCUT2D eigenvalue weighted by molar-refractivity contribution is 7.99. The molecule has 0 atom stereocenters. The summed E-state index contributed by atoms with van der Waals surface area (Å²) >= 11 is 1.38. The normalized spacial score (nSPS) is 18.5. The summed E-state index contributed by atoms with van der Waals surface area (Å²) in [5.74, 6) is 0.476. The summed E-state index contributed by atoms with van der Waals surface area (Å²) in [6, 6.07) is 1.74. The Hall–Kier alpha value is -1.17. The van der Waals surface area contributed by atoms with Crippen LogP contribution >= 0.6 is 11.8 Å². The van der Waals surface area contributed by atoms with E-state index < -0.39 is 5.54 Å². The molecule has 1 aromatic rings. The predicted molar refractivity (Wildman–Crippen MR) is 60.9 cm³/mol. The van der Waals surface area contributed by atoms with Crippen molar-refractivity contribution in [1.82, 2.24) is 9.97 Å². The minimum Gasteiger partial charge on any atom is -0.264 e. The fraction of sp³-hybridized carbons (Fsp3) is 0.600. The molecule has 16 heavy (non-hydrogen) atoms. The molecule has 0 saturated heterocycles. The second-order valence-corrected chi connectivity index (χ2v) is 4.95. The van der Waals surface area contributed by atoms with Gasteiger partial charge in [0.25, 0.3) is 0 Å². The standard InChI is InChI=1S/C10H13N3O2S/c14-13(15)10(4-1-2-5-10)8-16-9-11-6-3-7-12-9/h3,6-7H,1-2,4-5,8H2. The van der Waals surface area contributed by atoms with Crippen LogP contribution in [0.1, 0.15) is 25.7 Å². The molecule has 86 valence electrons. The van der Waals surface area contributed by atoms with E-state index in [9.17, 15) is 10.1 Å². The number of nitrogens with zero attached hydrogens (tertiary/aromatic N) is 3. The lowest BCUT2D eigenvalue weighted by Crippen LogP contribution is -2.37. The smallest absolute Gasteiger partial charge is 0.231 e. The Morgan fingerprint density at radius 2 is 2.00 bits per heavy atom. The highest BCUT2D eigenvalue weighted by atomic mass is 32.2. The minimum atomic E-state index is -0.746. The summed E-state index contributed by atoms with van der Waals surface area (Å²) in [7, 11) is 0. The van der Waals surface area contributed by atoms with Crippen molar-refractivity contribution in [2.45, 2.75) is 36.4 Å². The van der Waals surface area contributed by atoms with Gasteiger partial charge in [0.15, 0.2) is 5.16 Å². The zero-order valence-corrected chi connectivity index (χ0v) is 9.65. The summed E-state index contributed by atoms with van der Waals surface area (Å²) in [6.07, 6.45) is 6.58. The molecular formula is C10H13N3O2S. The monoisotopic (exact) mass is 239 g/mol. The second-order valence-electron chi connectivity index (χ2n) is 4.01. The summed E-state index contributed by atoms with van der Waals surface area (Å²) in [6.45, 7) is 0. The molecule has 0 amide bonds. The molecule has 6 heteroatoms. The van der Waals surface area contributed by atoms with Gasteiger partial charge < -0.3 is 0 Å². The van der Waals surface area contributed by atoms with E-state index in [-0.39, 0.29) is 4.92 Å². The third-order valence-electron chi connectivity index (χ3n) is 2.93. The molecule has 0 aliphatic heterocycles. The Balaban J connectivity index is 2.00. The molecule has 0 unspecified atom stereocenters. The lowest BCUT2D eigenvalue weighted by molar-refractivity contribution is -0.561. The van der Waals surface area contributed by atoms with Crippen LogP contribution in [0.3, 0.4) is 0 Å². The van der Waals surface area contributed by atoms with E-state index in [1.54, 1.807) is 18.5 Å². The van der Waals surface area contributed by atoms with Gasteiger partial charge in [0, 0.05) is 30.2 Å². The van der Waals surface area contributed by atoms with Crippen LogP contribution in [0.25, 0.3) is 0 Å². The van der Waals surface area contributed by atoms with E-state index in [1.807, 2.05) is 0 Å². The van der Waals surface area contributed by atoms with Crippen LogP contribution in [-0.4, -0.2) is 26.2 Å². The fourth-order valence-electron chi connectivity index (χ4n) is 1.97. The van der Waals surface area contributed by atoms with E-state index in [0.717, 1.165) is 12.8 Å². The van der Waals surface area contributed by atoms with Gasteiger partial charge in [-0.25, -0.2) is 9.97 Å². The number of hydrogen-bond acceptors (Lipinski definition) is 5. The van der Waals surface area contributed by atoms with Gasteiger partial charge in [-0.2, -0.15) is 0 Å². The summed E-state index contributed by atoms with van der Waals surface area (Å²) in [4.78, 5) is 19.1. The average Bonchev–Trinajstić information content (AvgIpc) is 2.78. The summed E-state index contributed by atoms with van der Waals surface area (Å²) < 4.78 is 0. The third kappa shape index (κ3) is 2.32. The van der Waals surface area contributed by atoms with E-state index >= 15 is 0 Å². The molecule has 1 aliphatic rings. The van der Waals surface area contributed by atoms with E-state index in [4.69, 9.17) is 0 Å². The van der Waals surface area contributed by atoms with Gasteiger partial charge in [0.05, 0.1) is 5.75 Å². The van der Waals surface area contributed by atoms with E-state index in [2.05, 4.69) is 9.97 Å². The Morgan fingerprint density at radius 1 is 1.38 bits per heavy atom. The Morgan fingerprint density at radius 3 is 2.56 bits per heavy atom. The maximum atomic E-state index is 11.1. The lowest BCUT2D eigenvalue weighted by atomic mass is 10.0. The van der Waals surface area contributed by atoms with Crippen LogP contribution in [-0.2, 0) is 0 Å². The molecule has 0 bridgehead atoms. The quantitative estimate of drug-likeness (QED) is 0.348. The maximum absolute atomic E-state index is 11.1. The average molecular weight is 239 g/mol. The number of aromatic nitrogens is 2. The number of hydrogen-bond donors (Lipinski definition) is 0. The van der Waals surface area contributed by atoms with Crippen molar-refractivity contribution in [2.75, 3.05) is 5.75 Å². The van der Waals surface area contributed by atoms with Crippen LogP contribution in [0.4, 0.5) is 0 Å². The molecule has 1 fully saturated rings. The van der Waals surface area contributed by atoms with Crippen LogP contribution < -0.4 is 0 Å². The molecule has 1 aliphatic carbocycles. The molecule has 2 rings (SSSR count). The van der Waals surface area contributed by atoms with Gasteiger partial charge in [-0.15, -0.1) is 0 Å². The van der Waals surface area contributed by atoms with Crippen LogP contribution in [0, 0.1) is 10.1 Å². The molecule has 0 N–H and O–H groups in total. The van der Waals surface area contributed by atoms with Crippen LogP contribution in [0.5, 0.6) is 0 Å². The zero-order valence-electron chi connectivity index (χ0n) is 8.83. The molecule has 0 spiro atoms. The van der Waals surface area contributed by atoms with Gasteiger partial charge >= 0.3 is 0 Å². The van der Waals surface area contributed by atoms with Crippen molar-refractivity contribution in [2.24, 2.45) is 0 Å². The zero-order chi connectivity index (χ0) is 11.4. The van der Waals surface area contributed by atoms with Gasteiger partial charge in [0.2, 0.25) is 5.54 Å². The molecule has 5 nitrogen and oxygen atoms in total. The highest BCUT2D eigenvalue weighted by Gasteiger charge is 2.45. The van der Waals surface area contributed by atoms with Gasteiger partial charge in [-0.3, -0.25) is 10.1 Å². The van der Waals surface area contributed by atoms with Crippen LogP contribution in [0.15, 0.2) is 23.6 Å². The lowest BCUT2D eigenvalue weighted by Gasteiger charge is -2.18. The SMILES string of the molecule is O=[N+]([O-])C1(CSc2ncccn2)CCCC1. The first-order valence-corrected chi connectivity index (χ1v) is 6.26. The van der Waals surface area contributed by atoms with Crippen molar-refractivity contribution < 1.29 is 4.92 Å². The van der Waals surface area contributed by atoms with Crippen molar-refractivity contribution in [3.05, 3.63) is 28.6 Å². The molecule has 1 heterocycles. The summed E-state index contributed by atoms with van der Waals surface area (Å²) in [5, 5.41) is 11.7. The van der Waals surface area contributed by atoms with Crippen molar-refractivity contribution in [3.8, 4) is 0 Å². The molecule has 0 aromatic carbocycles. The van der Waals surface area contributed by atoms with E-state index in [0.29, 0.717) is 23.8 Å². The maximum Gasteiger partial charge on any atom is 0.231 e. The third-order valence-corrected chi connectivity index (χ3v) is 4.08.